The van der Waals surface area contributed by atoms with Crippen molar-refractivity contribution < 1.29 is 54.2 Å². The third kappa shape index (κ3) is 8.90. The van der Waals surface area contributed by atoms with Gasteiger partial charge < -0.3 is 15.7 Å². The SMILES string of the molecule is Cc1ccccc1NC(=O)N[C@@H](c1ccc(C(F)(F)F)cc1)c1ncccc1C(F)(F)F.O=C(O)C(F)(F)F. The molecule has 0 unspecified atom stereocenters. The molecule has 0 bridgehead atoms. The molecule has 0 aliphatic heterocycles. The molecule has 1 aromatic heterocycles. The van der Waals surface area contributed by atoms with Gasteiger partial charge in [0.15, 0.2) is 0 Å². The van der Waals surface area contributed by atoms with E-state index < -0.39 is 53.4 Å². The normalized spacial score (nSPS) is 12.6. The molecule has 210 valence electrons. The second kappa shape index (κ2) is 12.0. The van der Waals surface area contributed by atoms with E-state index in [0.717, 1.165) is 42.6 Å². The van der Waals surface area contributed by atoms with Crippen molar-refractivity contribution >= 4 is 17.7 Å². The fourth-order valence-corrected chi connectivity index (χ4v) is 3.06. The molecular formula is C24H18F9N3O3. The summed E-state index contributed by atoms with van der Waals surface area (Å²) < 4.78 is 111. The Labute approximate surface area is 214 Å². The molecule has 3 rings (SSSR count). The Balaban J connectivity index is 0.000000673. The zero-order valence-electron chi connectivity index (χ0n) is 19.5. The van der Waals surface area contributed by atoms with E-state index in [2.05, 4.69) is 15.6 Å². The average molecular weight is 567 g/mol. The number of carboxylic acids is 1. The summed E-state index contributed by atoms with van der Waals surface area (Å²) in [6.07, 6.45) is -13.4. The first-order valence-electron chi connectivity index (χ1n) is 10.5. The predicted octanol–water partition coefficient (Wildman–Crippen LogP) is 6.97. The molecule has 3 aromatic rings. The van der Waals surface area contributed by atoms with Crippen LogP contribution in [0.3, 0.4) is 0 Å². The summed E-state index contributed by atoms with van der Waals surface area (Å²) in [7, 11) is 0. The molecule has 0 fully saturated rings. The number of hydrogen-bond donors (Lipinski definition) is 3. The predicted molar refractivity (Wildman–Crippen MR) is 120 cm³/mol. The molecule has 0 saturated heterocycles. The zero-order valence-corrected chi connectivity index (χ0v) is 19.5. The maximum atomic E-state index is 13.6. The highest BCUT2D eigenvalue weighted by Crippen LogP contribution is 2.36. The number of carbonyl (C=O) groups excluding carboxylic acids is 1. The molecule has 0 spiro atoms. The Morgan fingerprint density at radius 1 is 0.821 bits per heavy atom. The van der Waals surface area contributed by atoms with Gasteiger partial charge in [0, 0.05) is 11.9 Å². The van der Waals surface area contributed by atoms with Crippen molar-refractivity contribution in [3.63, 3.8) is 0 Å². The molecule has 6 nitrogen and oxygen atoms in total. The Morgan fingerprint density at radius 2 is 1.38 bits per heavy atom. The van der Waals surface area contributed by atoms with Gasteiger partial charge in [-0.2, -0.15) is 39.5 Å². The first kappa shape index (κ1) is 30.9. The van der Waals surface area contributed by atoms with Gasteiger partial charge in [-0.25, -0.2) is 9.59 Å². The van der Waals surface area contributed by atoms with E-state index in [-0.39, 0.29) is 5.56 Å². The van der Waals surface area contributed by atoms with Crippen LogP contribution >= 0.6 is 0 Å². The van der Waals surface area contributed by atoms with Crippen molar-refractivity contribution in [3.05, 3.63) is 94.8 Å². The van der Waals surface area contributed by atoms with E-state index in [1.807, 2.05) is 0 Å². The first-order chi connectivity index (χ1) is 17.9. The number of aliphatic carboxylic acids is 1. The number of aryl methyl sites for hydroxylation is 1. The fraction of sp³-hybridized carbons (Fsp3) is 0.208. The van der Waals surface area contributed by atoms with Gasteiger partial charge in [-0.15, -0.1) is 0 Å². The van der Waals surface area contributed by atoms with Crippen LogP contribution in [0.25, 0.3) is 0 Å². The minimum atomic E-state index is -5.08. The molecule has 1 heterocycles. The molecular weight excluding hydrogens is 549 g/mol. The third-order valence-corrected chi connectivity index (χ3v) is 4.90. The van der Waals surface area contributed by atoms with Crippen LogP contribution in [0.1, 0.15) is 34.0 Å². The number of benzene rings is 2. The van der Waals surface area contributed by atoms with Crippen LogP contribution in [-0.4, -0.2) is 28.3 Å². The summed E-state index contributed by atoms with van der Waals surface area (Å²) in [5, 5.41) is 12.1. The van der Waals surface area contributed by atoms with Crippen molar-refractivity contribution in [3.8, 4) is 0 Å². The number of halogens is 9. The number of urea groups is 1. The van der Waals surface area contributed by atoms with Gasteiger partial charge >= 0.3 is 30.5 Å². The fourth-order valence-electron chi connectivity index (χ4n) is 3.06. The largest absolute Gasteiger partial charge is 0.490 e. The number of alkyl halides is 9. The van der Waals surface area contributed by atoms with Crippen LogP contribution in [0, 0.1) is 6.92 Å². The first-order valence-corrected chi connectivity index (χ1v) is 10.5. The Morgan fingerprint density at radius 3 is 1.87 bits per heavy atom. The number of nitrogens with zero attached hydrogens (tertiary/aromatic N) is 1. The smallest absolute Gasteiger partial charge is 0.475 e. The molecule has 1 atom stereocenters. The molecule has 0 aliphatic rings. The van der Waals surface area contributed by atoms with Crippen LogP contribution in [0.15, 0.2) is 66.9 Å². The molecule has 0 saturated carbocycles. The van der Waals surface area contributed by atoms with Crippen molar-refractivity contribution in [2.45, 2.75) is 31.5 Å². The van der Waals surface area contributed by atoms with E-state index >= 15 is 0 Å². The van der Waals surface area contributed by atoms with Crippen LogP contribution in [0.2, 0.25) is 0 Å². The van der Waals surface area contributed by atoms with Crippen LogP contribution in [-0.2, 0) is 17.1 Å². The topological polar surface area (TPSA) is 91.3 Å². The van der Waals surface area contributed by atoms with E-state index in [1.165, 1.54) is 0 Å². The number of amides is 2. The molecule has 15 heteroatoms. The van der Waals surface area contributed by atoms with Crippen molar-refractivity contribution in [2.75, 3.05) is 5.32 Å². The number of carboxylic acid groups (broad SMARTS) is 1. The van der Waals surface area contributed by atoms with E-state index in [1.54, 1.807) is 31.2 Å². The van der Waals surface area contributed by atoms with E-state index in [4.69, 9.17) is 9.90 Å². The standard InChI is InChI=1S/C22H17F6N3O.C2HF3O2/c1-13-5-2-3-7-17(13)30-20(32)31-18(14-8-10-15(11-9-14)21(23,24)25)19-16(22(26,27)28)6-4-12-29-19;3-2(4,5)1(6)7/h2-12,18H,1H3,(H2,30,31,32);(H,6,7)/t18-;/m0./s1. The zero-order chi connectivity index (χ0) is 29.6. The van der Waals surface area contributed by atoms with Gasteiger partial charge in [0.25, 0.3) is 0 Å². The summed E-state index contributed by atoms with van der Waals surface area (Å²) in [6.45, 7) is 1.73. The number of rotatable bonds is 4. The number of carbonyl (C=O) groups is 2. The number of hydrogen-bond acceptors (Lipinski definition) is 3. The van der Waals surface area contributed by atoms with Gasteiger partial charge in [0.05, 0.1) is 22.9 Å². The van der Waals surface area contributed by atoms with Crippen LogP contribution in [0.5, 0.6) is 0 Å². The lowest BCUT2D eigenvalue weighted by molar-refractivity contribution is -0.192. The summed E-state index contributed by atoms with van der Waals surface area (Å²) >= 11 is 0. The van der Waals surface area contributed by atoms with Crippen molar-refractivity contribution in [1.82, 2.24) is 10.3 Å². The Kier molecular flexibility index (Phi) is 9.55. The van der Waals surface area contributed by atoms with Gasteiger partial charge in [-0.1, -0.05) is 30.3 Å². The maximum absolute atomic E-state index is 13.6. The lowest BCUT2D eigenvalue weighted by Crippen LogP contribution is -2.35. The lowest BCUT2D eigenvalue weighted by atomic mass is 9.98. The van der Waals surface area contributed by atoms with E-state index in [0.29, 0.717) is 11.3 Å². The van der Waals surface area contributed by atoms with Crippen LogP contribution in [0.4, 0.5) is 50.0 Å². The summed E-state index contributed by atoms with van der Waals surface area (Å²) in [4.78, 5) is 25.3. The molecule has 0 radical (unpaired) electrons. The number of pyridine rings is 1. The average Bonchev–Trinajstić information content (AvgIpc) is 2.83. The Bertz CT molecular complexity index is 1290. The molecule has 0 aliphatic carbocycles. The van der Waals surface area contributed by atoms with Gasteiger partial charge in [0.2, 0.25) is 0 Å². The Hall–Kier alpha value is -4.30. The number of anilines is 1. The third-order valence-electron chi connectivity index (χ3n) is 4.90. The van der Waals surface area contributed by atoms with Crippen molar-refractivity contribution in [1.29, 1.82) is 0 Å². The van der Waals surface area contributed by atoms with Crippen LogP contribution < -0.4 is 10.6 Å². The summed E-state index contributed by atoms with van der Waals surface area (Å²) in [5.74, 6) is -2.76. The monoisotopic (exact) mass is 567 g/mol. The van der Waals surface area contributed by atoms with Gasteiger partial charge in [-0.05, 0) is 48.4 Å². The second-order valence-electron chi connectivity index (χ2n) is 7.70. The number of aromatic nitrogens is 1. The minimum absolute atomic E-state index is 0.00198. The number of para-hydroxylation sites is 1. The molecule has 3 N–H and O–H groups in total. The minimum Gasteiger partial charge on any atom is -0.475 e. The summed E-state index contributed by atoms with van der Waals surface area (Å²) in [5.41, 5.74) is -1.49. The summed E-state index contributed by atoms with van der Waals surface area (Å²) in [6, 6.07) is 9.80. The molecule has 39 heavy (non-hydrogen) atoms. The highest BCUT2D eigenvalue weighted by molar-refractivity contribution is 5.90. The molecule has 2 aromatic carbocycles. The maximum Gasteiger partial charge on any atom is 0.490 e. The van der Waals surface area contributed by atoms with Crippen molar-refractivity contribution in [2.24, 2.45) is 0 Å². The highest BCUT2D eigenvalue weighted by atomic mass is 19.4. The van der Waals surface area contributed by atoms with E-state index in [9.17, 15) is 44.3 Å². The second-order valence-corrected chi connectivity index (χ2v) is 7.70. The quantitative estimate of drug-likeness (QED) is 0.297. The van der Waals surface area contributed by atoms with Gasteiger partial charge in [0.1, 0.15) is 0 Å². The molecule has 2 amide bonds. The van der Waals surface area contributed by atoms with Gasteiger partial charge in [-0.3, -0.25) is 4.98 Å². The number of nitrogens with one attached hydrogen (secondary N) is 2. The highest BCUT2D eigenvalue weighted by Gasteiger charge is 2.39. The lowest BCUT2D eigenvalue weighted by Gasteiger charge is -2.23.